The van der Waals surface area contributed by atoms with Gasteiger partial charge in [-0.1, -0.05) is 96.0 Å². The molecule has 0 atom stereocenters. The first-order chi connectivity index (χ1) is 23.7. The van der Waals surface area contributed by atoms with Crippen LogP contribution in [0.2, 0.25) is 10.0 Å². The lowest BCUT2D eigenvalue weighted by Gasteiger charge is -2.25. The van der Waals surface area contributed by atoms with Crippen molar-refractivity contribution in [3.05, 3.63) is 171 Å². The van der Waals surface area contributed by atoms with E-state index >= 15 is 0 Å². The zero-order valence-corrected chi connectivity index (χ0v) is 28.8. The van der Waals surface area contributed by atoms with Crippen molar-refractivity contribution in [1.82, 2.24) is 9.29 Å². The maximum absolute atomic E-state index is 13.2. The van der Waals surface area contributed by atoms with Crippen molar-refractivity contribution in [2.45, 2.75) is 24.6 Å². The van der Waals surface area contributed by atoms with Crippen molar-refractivity contribution < 1.29 is 23.1 Å². The molecule has 0 radical (unpaired) electrons. The first-order valence-corrected chi connectivity index (χ1v) is 18.2. The summed E-state index contributed by atoms with van der Waals surface area (Å²) in [5.74, 6) is -0.619. The number of carboxylic acids is 1. The Morgan fingerprint density at radius 3 is 2.00 bits per heavy atom. The fraction of sp³-hybridized carbons (Fsp3) is 0.154. The molecule has 2 N–H and O–H groups in total. The zero-order valence-electron chi connectivity index (χ0n) is 26.4. The lowest BCUT2D eigenvalue weighted by atomic mass is 9.97. The topological polar surface area (TPSA) is 97.6 Å². The second-order valence-corrected chi connectivity index (χ2v) is 14.3. The van der Waals surface area contributed by atoms with Crippen molar-refractivity contribution in [1.29, 1.82) is 0 Å². The van der Waals surface area contributed by atoms with Crippen LogP contribution in [-0.2, 0) is 28.6 Å². The molecule has 0 fully saturated rings. The molecule has 10 heteroatoms. The summed E-state index contributed by atoms with van der Waals surface area (Å²) in [4.78, 5) is 11.3. The number of aromatic nitrogens is 1. The molecule has 0 unspecified atom stereocenters. The number of hydrogen-bond donors (Lipinski definition) is 2. The molecule has 0 amide bonds. The Morgan fingerprint density at radius 1 is 0.776 bits per heavy atom. The predicted molar refractivity (Wildman–Crippen MR) is 195 cm³/mol. The third-order valence-corrected chi connectivity index (χ3v) is 10.2. The second kappa shape index (κ2) is 15.3. The van der Waals surface area contributed by atoms with Gasteiger partial charge in [0.1, 0.15) is 5.75 Å². The summed E-state index contributed by atoms with van der Waals surface area (Å²) in [6, 6.07) is 39.1. The van der Waals surface area contributed by atoms with E-state index in [1.807, 2.05) is 54.6 Å². The molecule has 5 aromatic carbocycles. The summed E-state index contributed by atoms with van der Waals surface area (Å²) in [5.41, 5.74) is 5.88. The van der Waals surface area contributed by atoms with Gasteiger partial charge in [0, 0.05) is 46.0 Å². The number of aromatic carboxylic acids is 1. The van der Waals surface area contributed by atoms with Gasteiger partial charge in [-0.25, -0.2) is 17.9 Å². The smallest absolute Gasteiger partial charge is 0.335 e. The van der Waals surface area contributed by atoms with E-state index in [0.29, 0.717) is 40.8 Å². The SMILES string of the molecule is O=C(O)c1ccc(OCCc2c(CCNS(=O)(=O)Cc3ccc(Cl)cc3)n(C(c3ccccc3)c3ccccc3)c3ccc(Cl)cc23)cc1. The van der Waals surface area contributed by atoms with Gasteiger partial charge in [0.05, 0.1) is 24.0 Å². The minimum Gasteiger partial charge on any atom is -0.493 e. The van der Waals surface area contributed by atoms with E-state index in [2.05, 4.69) is 33.6 Å². The molecule has 0 aliphatic carbocycles. The highest BCUT2D eigenvalue weighted by molar-refractivity contribution is 7.88. The molecular weight excluding hydrogens is 679 g/mol. The maximum atomic E-state index is 13.2. The molecule has 0 bridgehead atoms. The zero-order chi connectivity index (χ0) is 34.4. The summed E-state index contributed by atoms with van der Waals surface area (Å²) >= 11 is 12.6. The third kappa shape index (κ3) is 8.35. The summed E-state index contributed by atoms with van der Waals surface area (Å²) in [7, 11) is -3.66. The number of carbonyl (C=O) groups is 1. The van der Waals surface area contributed by atoms with Crippen LogP contribution in [0.3, 0.4) is 0 Å². The van der Waals surface area contributed by atoms with E-state index in [9.17, 15) is 18.3 Å². The molecular formula is C39H34Cl2N2O5S. The summed E-state index contributed by atoms with van der Waals surface area (Å²) < 4.78 is 37.6. The Balaban J connectivity index is 1.40. The predicted octanol–water partition coefficient (Wildman–Crippen LogP) is 8.57. The number of rotatable bonds is 14. The largest absolute Gasteiger partial charge is 0.493 e. The number of ether oxygens (including phenoxy) is 1. The molecule has 0 spiro atoms. The third-order valence-electron chi connectivity index (χ3n) is 8.35. The van der Waals surface area contributed by atoms with Crippen molar-refractivity contribution in [3.8, 4) is 5.75 Å². The average molecular weight is 714 g/mol. The molecule has 6 aromatic rings. The highest BCUT2D eigenvalue weighted by Gasteiger charge is 2.26. The number of nitrogens with zero attached hydrogens (tertiary/aromatic N) is 1. The van der Waals surface area contributed by atoms with Gasteiger partial charge >= 0.3 is 5.97 Å². The van der Waals surface area contributed by atoms with Gasteiger partial charge in [0.15, 0.2) is 0 Å². The molecule has 0 aliphatic heterocycles. The van der Waals surface area contributed by atoms with Crippen molar-refractivity contribution in [2.24, 2.45) is 0 Å². The number of carboxylic acid groups (broad SMARTS) is 1. The molecule has 250 valence electrons. The fourth-order valence-corrected chi connectivity index (χ4v) is 7.60. The Morgan fingerprint density at radius 2 is 1.39 bits per heavy atom. The van der Waals surface area contributed by atoms with E-state index in [0.717, 1.165) is 33.3 Å². The molecule has 1 heterocycles. The molecule has 7 nitrogen and oxygen atoms in total. The van der Waals surface area contributed by atoms with Crippen molar-refractivity contribution in [3.63, 3.8) is 0 Å². The van der Waals surface area contributed by atoms with E-state index in [-0.39, 0.29) is 23.9 Å². The standard InChI is InChI=1S/C39H34Cl2N2O5S/c40-31-15-11-27(12-16-31)26-49(46,47)42-23-21-37-34(22-24-48-33-18-13-30(14-19-33)39(44)45)35-25-32(41)17-20-36(35)43(37)38(28-7-3-1-4-8-28)29-9-5-2-6-10-29/h1-20,25,38,42H,21-24,26H2,(H,44,45). The van der Waals surface area contributed by atoms with E-state index < -0.39 is 16.0 Å². The van der Waals surface area contributed by atoms with Crippen LogP contribution in [0.15, 0.2) is 127 Å². The van der Waals surface area contributed by atoms with Gasteiger partial charge in [-0.05, 0) is 76.9 Å². The van der Waals surface area contributed by atoms with Crippen LogP contribution < -0.4 is 9.46 Å². The van der Waals surface area contributed by atoms with Gasteiger partial charge in [-0.3, -0.25) is 0 Å². The lowest BCUT2D eigenvalue weighted by molar-refractivity contribution is 0.0697. The Hall–Kier alpha value is -4.60. The van der Waals surface area contributed by atoms with Crippen LogP contribution >= 0.6 is 23.2 Å². The van der Waals surface area contributed by atoms with Gasteiger partial charge in [-0.2, -0.15) is 0 Å². The fourth-order valence-electron chi connectivity index (χ4n) is 6.15. The molecule has 49 heavy (non-hydrogen) atoms. The van der Waals surface area contributed by atoms with Crippen LogP contribution in [-0.4, -0.2) is 37.2 Å². The Kier molecular flexibility index (Phi) is 10.7. The van der Waals surface area contributed by atoms with Crippen LogP contribution in [0.25, 0.3) is 10.9 Å². The maximum Gasteiger partial charge on any atom is 0.335 e. The van der Waals surface area contributed by atoms with Gasteiger partial charge in [-0.15, -0.1) is 0 Å². The molecule has 1 aromatic heterocycles. The summed E-state index contributed by atoms with van der Waals surface area (Å²) in [5, 5.41) is 11.4. The van der Waals surface area contributed by atoms with Crippen LogP contribution in [0.5, 0.6) is 5.75 Å². The van der Waals surface area contributed by atoms with E-state index in [1.165, 1.54) is 12.1 Å². The number of sulfonamides is 1. The number of fused-ring (bicyclic) bond motifs is 1. The lowest BCUT2D eigenvalue weighted by Crippen LogP contribution is -2.28. The van der Waals surface area contributed by atoms with Crippen LogP contribution in [0.4, 0.5) is 0 Å². The normalized spacial score (nSPS) is 11.7. The minimum absolute atomic E-state index is 0.166. The molecule has 0 saturated carbocycles. The Bertz CT molecular complexity index is 2110. The number of halogens is 2. The second-order valence-electron chi connectivity index (χ2n) is 11.6. The first-order valence-electron chi connectivity index (χ1n) is 15.8. The summed E-state index contributed by atoms with van der Waals surface area (Å²) in [6.45, 7) is 0.468. The monoisotopic (exact) mass is 712 g/mol. The first kappa shape index (κ1) is 34.3. The van der Waals surface area contributed by atoms with Gasteiger partial charge < -0.3 is 14.4 Å². The minimum atomic E-state index is -3.66. The van der Waals surface area contributed by atoms with E-state index in [4.69, 9.17) is 27.9 Å². The van der Waals surface area contributed by atoms with Crippen LogP contribution in [0.1, 0.15) is 44.3 Å². The van der Waals surface area contributed by atoms with Crippen LogP contribution in [0, 0.1) is 0 Å². The van der Waals surface area contributed by atoms with Crippen molar-refractivity contribution in [2.75, 3.05) is 13.2 Å². The van der Waals surface area contributed by atoms with Gasteiger partial charge in [0.2, 0.25) is 10.0 Å². The molecule has 0 aliphatic rings. The number of nitrogens with one attached hydrogen (secondary N) is 1. The molecule has 0 saturated heterocycles. The number of benzene rings is 5. The highest BCUT2D eigenvalue weighted by atomic mass is 35.5. The van der Waals surface area contributed by atoms with E-state index in [1.54, 1.807) is 36.4 Å². The highest BCUT2D eigenvalue weighted by Crippen LogP contribution is 2.38. The van der Waals surface area contributed by atoms with Crippen molar-refractivity contribution >= 4 is 50.1 Å². The summed E-state index contributed by atoms with van der Waals surface area (Å²) in [6.07, 6.45) is 0.888. The van der Waals surface area contributed by atoms with Gasteiger partial charge in [0.25, 0.3) is 0 Å². The molecule has 6 rings (SSSR count). The Labute approximate surface area is 295 Å². The number of hydrogen-bond acceptors (Lipinski definition) is 4. The average Bonchev–Trinajstić information content (AvgIpc) is 3.38. The quantitative estimate of drug-likeness (QED) is 0.118.